The quantitative estimate of drug-likeness (QED) is 0.664. The molecule has 0 fully saturated rings. The first-order valence-electron chi connectivity index (χ1n) is 3.64. The van der Waals surface area contributed by atoms with Crippen molar-refractivity contribution in [3.63, 3.8) is 0 Å². The predicted molar refractivity (Wildman–Crippen MR) is 51.5 cm³/mol. The Labute approximate surface area is 87.6 Å². The lowest BCUT2D eigenvalue weighted by atomic mass is 10.1. The van der Waals surface area contributed by atoms with Crippen LogP contribution in [0.15, 0.2) is 28.7 Å². The van der Waals surface area contributed by atoms with E-state index >= 15 is 0 Å². The zero-order valence-electron chi connectivity index (χ0n) is 6.88. The highest BCUT2D eigenvalue weighted by Gasteiger charge is 2.31. The number of halogens is 1. The minimum Gasteiger partial charge on any atom is -0.476 e. The van der Waals surface area contributed by atoms with E-state index in [-0.39, 0.29) is 5.56 Å². The van der Waals surface area contributed by atoms with E-state index in [0.717, 1.165) is 4.47 Å². The molecular formula is C8H6BrNO4. The van der Waals surface area contributed by atoms with E-state index < -0.39 is 16.9 Å². The Morgan fingerprint density at radius 2 is 1.93 bits per heavy atom. The second kappa shape index (κ2) is 4.19. The maximum Gasteiger partial charge on any atom is 0.384 e. The van der Waals surface area contributed by atoms with Gasteiger partial charge in [-0.05, 0) is 12.1 Å². The Morgan fingerprint density at radius 3 is 2.29 bits per heavy atom. The molecule has 1 N–H and O–H groups in total. The van der Waals surface area contributed by atoms with Crippen LogP contribution in [0.3, 0.4) is 0 Å². The smallest absolute Gasteiger partial charge is 0.384 e. The number of benzene rings is 1. The summed E-state index contributed by atoms with van der Waals surface area (Å²) in [7, 11) is 0. The highest BCUT2D eigenvalue weighted by molar-refractivity contribution is 9.10. The molecule has 14 heavy (non-hydrogen) atoms. The molecule has 0 aromatic heterocycles. The fourth-order valence-electron chi connectivity index (χ4n) is 1.000. The van der Waals surface area contributed by atoms with Gasteiger partial charge in [0.25, 0.3) is 0 Å². The van der Waals surface area contributed by atoms with Crippen LogP contribution in [0.1, 0.15) is 11.6 Å². The number of hydrogen-bond donors (Lipinski definition) is 1. The standard InChI is InChI=1S/C8H6BrNO4/c9-6-3-1-5(2-4-6)7(8(11)12)10(13)14/h1-4,7H,(H,11,12). The van der Waals surface area contributed by atoms with E-state index in [4.69, 9.17) is 5.11 Å². The van der Waals surface area contributed by atoms with E-state index in [0.29, 0.717) is 0 Å². The summed E-state index contributed by atoms with van der Waals surface area (Å²) < 4.78 is 0.744. The van der Waals surface area contributed by atoms with Gasteiger partial charge in [0.1, 0.15) is 0 Å². The van der Waals surface area contributed by atoms with Gasteiger partial charge in [-0.2, -0.15) is 0 Å². The van der Waals surface area contributed by atoms with Crippen LogP contribution >= 0.6 is 15.9 Å². The molecule has 0 saturated carbocycles. The van der Waals surface area contributed by atoms with Gasteiger partial charge in [-0.25, -0.2) is 4.79 Å². The topological polar surface area (TPSA) is 80.4 Å². The average Bonchev–Trinajstić information content (AvgIpc) is 2.07. The van der Waals surface area contributed by atoms with Crippen molar-refractivity contribution in [1.29, 1.82) is 0 Å². The lowest BCUT2D eigenvalue weighted by Gasteiger charge is -2.04. The molecule has 1 rings (SSSR count). The van der Waals surface area contributed by atoms with Crippen LogP contribution in [0.5, 0.6) is 0 Å². The molecule has 0 saturated heterocycles. The second-order valence-electron chi connectivity index (χ2n) is 2.58. The maximum absolute atomic E-state index is 10.6. The van der Waals surface area contributed by atoms with Crippen molar-refractivity contribution < 1.29 is 14.8 Å². The molecule has 0 aliphatic rings. The van der Waals surface area contributed by atoms with Crippen LogP contribution in [-0.4, -0.2) is 16.0 Å². The third-order valence-electron chi connectivity index (χ3n) is 1.63. The monoisotopic (exact) mass is 259 g/mol. The number of aliphatic carboxylic acids is 1. The van der Waals surface area contributed by atoms with Gasteiger partial charge in [-0.1, -0.05) is 28.1 Å². The van der Waals surface area contributed by atoms with Gasteiger partial charge < -0.3 is 5.11 Å². The molecule has 0 amide bonds. The fourth-order valence-corrected chi connectivity index (χ4v) is 1.26. The average molecular weight is 260 g/mol. The molecule has 74 valence electrons. The van der Waals surface area contributed by atoms with E-state index in [1.807, 2.05) is 0 Å². The fraction of sp³-hybridized carbons (Fsp3) is 0.125. The molecule has 5 nitrogen and oxygen atoms in total. The normalized spacial score (nSPS) is 12.1. The van der Waals surface area contributed by atoms with Gasteiger partial charge in [0.05, 0.1) is 0 Å². The first-order valence-corrected chi connectivity index (χ1v) is 4.43. The summed E-state index contributed by atoms with van der Waals surface area (Å²) in [6.07, 6.45) is 0. The highest BCUT2D eigenvalue weighted by atomic mass is 79.9. The Morgan fingerprint density at radius 1 is 1.43 bits per heavy atom. The van der Waals surface area contributed by atoms with Gasteiger partial charge in [0.15, 0.2) is 0 Å². The second-order valence-corrected chi connectivity index (χ2v) is 3.49. The molecule has 0 aliphatic heterocycles. The van der Waals surface area contributed by atoms with Crippen LogP contribution in [0.25, 0.3) is 0 Å². The zero-order valence-corrected chi connectivity index (χ0v) is 8.47. The van der Waals surface area contributed by atoms with Crippen molar-refractivity contribution >= 4 is 21.9 Å². The summed E-state index contributed by atoms with van der Waals surface area (Å²) in [6, 6.07) is 4.25. The Hall–Kier alpha value is -1.43. The lowest BCUT2D eigenvalue weighted by molar-refractivity contribution is -0.516. The van der Waals surface area contributed by atoms with Crippen molar-refractivity contribution in [3.05, 3.63) is 44.4 Å². The Bertz CT molecular complexity index is 348. The largest absolute Gasteiger partial charge is 0.476 e. The SMILES string of the molecule is O=C(O)C(c1ccc(Br)cc1)[N+](=O)[O-]. The molecule has 1 unspecified atom stereocenters. The van der Waals surface area contributed by atoms with Gasteiger partial charge in [-0.3, -0.25) is 10.1 Å². The summed E-state index contributed by atoms with van der Waals surface area (Å²) >= 11 is 3.15. The molecule has 0 radical (unpaired) electrons. The number of hydrogen-bond acceptors (Lipinski definition) is 3. The number of carboxylic acid groups (broad SMARTS) is 1. The molecule has 1 atom stereocenters. The maximum atomic E-state index is 10.6. The van der Waals surface area contributed by atoms with Crippen molar-refractivity contribution in [2.24, 2.45) is 0 Å². The van der Waals surface area contributed by atoms with E-state index in [2.05, 4.69) is 15.9 Å². The van der Waals surface area contributed by atoms with Crippen LogP contribution in [0.2, 0.25) is 0 Å². The van der Waals surface area contributed by atoms with Crippen molar-refractivity contribution in [2.45, 2.75) is 6.04 Å². The first kappa shape index (κ1) is 10.6. The molecule has 0 spiro atoms. The molecule has 6 heteroatoms. The van der Waals surface area contributed by atoms with Gasteiger partial charge in [0, 0.05) is 15.0 Å². The molecule has 0 bridgehead atoms. The Balaban J connectivity index is 3.06. The van der Waals surface area contributed by atoms with Crippen LogP contribution in [-0.2, 0) is 4.79 Å². The van der Waals surface area contributed by atoms with E-state index in [9.17, 15) is 14.9 Å². The summed E-state index contributed by atoms with van der Waals surface area (Å²) in [6.45, 7) is 0. The Kier molecular flexibility index (Phi) is 3.19. The number of carboxylic acids is 1. The summed E-state index contributed by atoms with van der Waals surface area (Å²) in [5.41, 5.74) is 0.158. The van der Waals surface area contributed by atoms with Crippen molar-refractivity contribution in [3.8, 4) is 0 Å². The molecule has 1 aromatic rings. The van der Waals surface area contributed by atoms with Crippen LogP contribution in [0, 0.1) is 10.1 Å². The van der Waals surface area contributed by atoms with E-state index in [1.54, 1.807) is 12.1 Å². The van der Waals surface area contributed by atoms with Gasteiger partial charge in [-0.15, -0.1) is 0 Å². The zero-order chi connectivity index (χ0) is 10.7. The number of rotatable bonds is 3. The first-order chi connectivity index (χ1) is 6.52. The summed E-state index contributed by atoms with van der Waals surface area (Å²) in [5.74, 6) is -1.46. The predicted octanol–water partition coefficient (Wildman–Crippen LogP) is 1.85. The van der Waals surface area contributed by atoms with Crippen molar-refractivity contribution in [1.82, 2.24) is 0 Å². The summed E-state index contributed by atoms with van der Waals surface area (Å²) in [5, 5.41) is 19.1. The molecule has 0 heterocycles. The minimum atomic E-state index is -1.69. The number of carbonyl (C=O) groups is 1. The molecule has 1 aromatic carbocycles. The lowest BCUT2D eigenvalue weighted by Crippen LogP contribution is -2.20. The molecular weight excluding hydrogens is 254 g/mol. The minimum absolute atomic E-state index is 0.158. The van der Waals surface area contributed by atoms with E-state index in [1.165, 1.54) is 12.1 Å². The van der Waals surface area contributed by atoms with Crippen molar-refractivity contribution in [2.75, 3.05) is 0 Å². The third kappa shape index (κ3) is 2.29. The third-order valence-corrected chi connectivity index (χ3v) is 2.16. The highest BCUT2D eigenvalue weighted by Crippen LogP contribution is 2.19. The van der Waals surface area contributed by atoms with Crippen LogP contribution < -0.4 is 0 Å². The molecule has 0 aliphatic carbocycles. The van der Waals surface area contributed by atoms with Gasteiger partial charge in [0.2, 0.25) is 0 Å². The summed E-state index contributed by atoms with van der Waals surface area (Å²) in [4.78, 5) is 20.2. The van der Waals surface area contributed by atoms with Gasteiger partial charge >= 0.3 is 12.0 Å². The van der Waals surface area contributed by atoms with Crippen LogP contribution in [0.4, 0.5) is 0 Å². The number of nitrogens with zero attached hydrogens (tertiary/aromatic N) is 1. The number of nitro groups is 1.